The summed E-state index contributed by atoms with van der Waals surface area (Å²) in [5.41, 5.74) is 1.75. The fourth-order valence-corrected chi connectivity index (χ4v) is 3.98. The molecular weight excluding hydrogens is 393 g/mol. The van der Waals surface area contributed by atoms with Crippen LogP contribution in [0, 0.1) is 0 Å². The van der Waals surface area contributed by atoms with Crippen molar-refractivity contribution in [1.29, 1.82) is 0 Å². The highest BCUT2D eigenvalue weighted by Crippen LogP contribution is 2.45. The second kappa shape index (κ2) is 9.73. The SMILES string of the molecule is C=C(C)CN1CCC(NC(=NCC)NC2CC2c2ccccc2OC(F)(F)F)CC1. The van der Waals surface area contributed by atoms with Crippen LogP contribution in [0.1, 0.15) is 44.6 Å². The average molecular weight is 425 g/mol. The highest BCUT2D eigenvalue weighted by Gasteiger charge is 2.42. The molecular formula is C22H31F3N4O. The molecule has 1 heterocycles. The minimum absolute atomic E-state index is 0.0233. The average Bonchev–Trinajstić information content (AvgIpc) is 3.41. The summed E-state index contributed by atoms with van der Waals surface area (Å²) < 4.78 is 42.3. The first-order valence-corrected chi connectivity index (χ1v) is 10.5. The number of hydrogen-bond donors (Lipinski definition) is 2. The number of nitrogens with zero attached hydrogens (tertiary/aromatic N) is 2. The standard InChI is InChI=1S/C22H31F3N4O/c1-4-26-21(27-16-9-11-29(12-10-16)14-15(2)3)28-19-13-18(19)17-7-5-6-8-20(17)30-22(23,24)25/h5-8,16,18-19H,2,4,9-14H2,1,3H3,(H2,26,27,28). The number of hydrogen-bond acceptors (Lipinski definition) is 3. The molecule has 0 aromatic heterocycles. The molecule has 2 fully saturated rings. The van der Waals surface area contributed by atoms with E-state index in [1.165, 1.54) is 11.6 Å². The third-order valence-corrected chi connectivity index (χ3v) is 5.39. The van der Waals surface area contributed by atoms with Gasteiger partial charge in [-0.3, -0.25) is 9.89 Å². The molecule has 5 nitrogen and oxygen atoms in total. The van der Waals surface area contributed by atoms with Gasteiger partial charge in [-0.25, -0.2) is 0 Å². The highest BCUT2D eigenvalue weighted by molar-refractivity contribution is 5.81. The lowest BCUT2D eigenvalue weighted by molar-refractivity contribution is -0.274. The van der Waals surface area contributed by atoms with Crippen LogP contribution in [-0.4, -0.2) is 55.5 Å². The Hall–Kier alpha value is -2.22. The third-order valence-electron chi connectivity index (χ3n) is 5.39. The van der Waals surface area contributed by atoms with Crippen LogP contribution in [0.5, 0.6) is 5.75 Å². The molecule has 1 saturated carbocycles. The summed E-state index contributed by atoms with van der Waals surface area (Å²) in [5, 5.41) is 6.90. The normalized spacial score (nSPS) is 23.2. The number of ether oxygens (including phenoxy) is 1. The molecule has 0 amide bonds. The van der Waals surface area contributed by atoms with Crippen LogP contribution < -0.4 is 15.4 Å². The van der Waals surface area contributed by atoms with Crippen molar-refractivity contribution >= 4 is 5.96 Å². The van der Waals surface area contributed by atoms with Crippen LogP contribution in [-0.2, 0) is 0 Å². The van der Waals surface area contributed by atoms with E-state index in [9.17, 15) is 13.2 Å². The summed E-state index contributed by atoms with van der Waals surface area (Å²) in [5.74, 6) is 0.591. The number of aliphatic imine (C=N–C) groups is 1. The fraction of sp³-hybridized carbons (Fsp3) is 0.591. The van der Waals surface area contributed by atoms with E-state index in [2.05, 4.69) is 31.8 Å². The summed E-state index contributed by atoms with van der Waals surface area (Å²) in [6.45, 7) is 11.6. The number of para-hydroxylation sites is 1. The van der Waals surface area contributed by atoms with Gasteiger partial charge >= 0.3 is 6.36 Å². The smallest absolute Gasteiger partial charge is 0.405 e. The fourth-order valence-electron chi connectivity index (χ4n) is 3.98. The van der Waals surface area contributed by atoms with Crippen molar-refractivity contribution in [2.24, 2.45) is 4.99 Å². The Morgan fingerprint density at radius 3 is 2.57 bits per heavy atom. The van der Waals surface area contributed by atoms with E-state index < -0.39 is 6.36 Å². The third kappa shape index (κ3) is 6.65. The van der Waals surface area contributed by atoms with E-state index >= 15 is 0 Å². The Morgan fingerprint density at radius 1 is 1.23 bits per heavy atom. The van der Waals surface area contributed by atoms with Crippen molar-refractivity contribution in [2.75, 3.05) is 26.2 Å². The highest BCUT2D eigenvalue weighted by atomic mass is 19.4. The van der Waals surface area contributed by atoms with E-state index in [0.29, 0.717) is 18.2 Å². The number of guanidine groups is 1. The number of likely N-dealkylation sites (tertiary alicyclic amines) is 1. The van der Waals surface area contributed by atoms with Crippen molar-refractivity contribution in [1.82, 2.24) is 15.5 Å². The minimum Gasteiger partial charge on any atom is -0.405 e. The molecule has 1 aliphatic carbocycles. The second-order valence-electron chi connectivity index (χ2n) is 8.15. The number of benzene rings is 1. The number of piperidine rings is 1. The van der Waals surface area contributed by atoms with Gasteiger partial charge < -0.3 is 15.4 Å². The lowest BCUT2D eigenvalue weighted by Gasteiger charge is -2.33. The molecule has 30 heavy (non-hydrogen) atoms. The van der Waals surface area contributed by atoms with Gasteiger partial charge in [-0.15, -0.1) is 13.2 Å². The molecule has 1 aromatic rings. The van der Waals surface area contributed by atoms with Crippen molar-refractivity contribution in [3.8, 4) is 5.75 Å². The number of halogens is 3. The van der Waals surface area contributed by atoms with E-state index in [4.69, 9.17) is 0 Å². The summed E-state index contributed by atoms with van der Waals surface area (Å²) in [6.07, 6.45) is -1.90. The Balaban J connectivity index is 1.55. The van der Waals surface area contributed by atoms with Crippen LogP contribution in [0.4, 0.5) is 13.2 Å². The maximum Gasteiger partial charge on any atom is 0.573 e. The van der Waals surface area contributed by atoms with Gasteiger partial charge in [0.2, 0.25) is 0 Å². The number of nitrogens with one attached hydrogen (secondary N) is 2. The van der Waals surface area contributed by atoms with Crippen LogP contribution in [0.3, 0.4) is 0 Å². The second-order valence-corrected chi connectivity index (χ2v) is 8.15. The zero-order chi connectivity index (χ0) is 21.7. The van der Waals surface area contributed by atoms with Crippen LogP contribution >= 0.6 is 0 Å². The molecule has 2 unspecified atom stereocenters. The van der Waals surface area contributed by atoms with Gasteiger partial charge in [-0.05, 0) is 44.7 Å². The van der Waals surface area contributed by atoms with Gasteiger partial charge in [0.25, 0.3) is 0 Å². The molecule has 1 saturated heterocycles. The van der Waals surface area contributed by atoms with Crippen molar-refractivity contribution < 1.29 is 17.9 Å². The van der Waals surface area contributed by atoms with Gasteiger partial charge in [0, 0.05) is 44.2 Å². The van der Waals surface area contributed by atoms with Crippen LogP contribution in [0.25, 0.3) is 0 Å². The monoisotopic (exact) mass is 424 g/mol. The zero-order valence-electron chi connectivity index (χ0n) is 17.6. The molecule has 8 heteroatoms. The molecule has 166 valence electrons. The van der Waals surface area contributed by atoms with E-state index in [-0.39, 0.29) is 17.7 Å². The minimum atomic E-state index is -4.69. The van der Waals surface area contributed by atoms with Crippen molar-refractivity contribution in [2.45, 2.75) is 57.5 Å². The topological polar surface area (TPSA) is 48.9 Å². The maximum absolute atomic E-state index is 12.7. The largest absolute Gasteiger partial charge is 0.573 e. The first-order chi connectivity index (χ1) is 14.2. The zero-order valence-corrected chi connectivity index (χ0v) is 17.6. The molecule has 0 spiro atoms. The van der Waals surface area contributed by atoms with E-state index in [1.54, 1.807) is 18.2 Å². The maximum atomic E-state index is 12.7. The summed E-state index contributed by atoms with van der Waals surface area (Å²) in [7, 11) is 0. The molecule has 0 bridgehead atoms. The van der Waals surface area contributed by atoms with Gasteiger partial charge in [0.15, 0.2) is 5.96 Å². The first-order valence-electron chi connectivity index (χ1n) is 10.5. The molecule has 1 aliphatic heterocycles. The number of alkyl halides is 3. The predicted octanol–water partition coefficient (Wildman–Crippen LogP) is 4.04. The Kier molecular flexibility index (Phi) is 7.28. The van der Waals surface area contributed by atoms with Gasteiger partial charge in [0.1, 0.15) is 5.75 Å². The molecule has 2 aliphatic rings. The van der Waals surface area contributed by atoms with E-state index in [1.807, 2.05) is 13.8 Å². The summed E-state index contributed by atoms with van der Waals surface area (Å²) in [6, 6.07) is 6.75. The molecule has 1 aromatic carbocycles. The molecule has 3 rings (SSSR count). The molecule has 2 atom stereocenters. The van der Waals surface area contributed by atoms with Crippen molar-refractivity contribution in [3.05, 3.63) is 42.0 Å². The Morgan fingerprint density at radius 2 is 1.93 bits per heavy atom. The van der Waals surface area contributed by atoms with Crippen LogP contribution in [0.2, 0.25) is 0 Å². The van der Waals surface area contributed by atoms with Gasteiger partial charge in [-0.2, -0.15) is 0 Å². The predicted molar refractivity (Wildman–Crippen MR) is 113 cm³/mol. The summed E-state index contributed by atoms with van der Waals surface area (Å²) >= 11 is 0. The quantitative estimate of drug-likeness (QED) is 0.394. The first kappa shape index (κ1) is 22.5. The summed E-state index contributed by atoms with van der Waals surface area (Å²) in [4.78, 5) is 6.93. The lowest BCUT2D eigenvalue weighted by Crippen LogP contribution is -2.49. The van der Waals surface area contributed by atoms with Crippen LogP contribution in [0.15, 0.2) is 41.4 Å². The Labute approximate surface area is 176 Å². The lowest BCUT2D eigenvalue weighted by atomic mass is 10.0. The van der Waals surface area contributed by atoms with E-state index in [0.717, 1.165) is 44.9 Å². The van der Waals surface area contributed by atoms with Gasteiger partial charge in [-0.1, -0.05) is 30.4 Å². The van der Waals surface area contributed by atoms with Gasteiger partial charge in [0.05, 0.1) is 0 Å². The number of rotatable bonds is 7. The molecule has 2 N–H and O–H groups in total. The van der Waals surface area contributed by atoms with Crippen molar-refractivity contribution in [3.63, 3.8) is 0 Å². The molecule has 0 radical (unpaired) electrons. The Bertz CT molecular complexity index is 757.